The molecule has 12 heteroatoms. The first kappa shape index (κ1) is 25.9. The van der Waals surface area contributed by atoms with Crippen molar-refractivity contribution in [3.05, 3.63) is 35.6 Å². The van der Waals surface area contributed by atoms with Gasteiger partial charge >= 0.3 is 0 Å². The molecule has 3 heterocycles. The summed E-state index contributed by atoms with van der Waals surface area (Å²) in [6.07, 6.45) is 1.72. The third kappa shape index (κ3) is 5.00. The molecule has 0 spiro atoms. The number of ether oxygens (including phenoxy) is 3. The number of hydrogen-bond donors (Lipinski definition) is 2. The van der Waals surface area contributed by atoms with Crippen molar-refractivity contribution in [3.63, 3.8) is 0 Å². The normalized spacial score (nSPS) is 29.6. The van der Waals surface area contributed by atoms with Gasteiger partial charge in [-0.15, -0.1) is 5.10 Å². The summed E-state index contributed by atoms with van der Waals surface area (Å²) in [6, 6.07) is 6.66. The topological polar surface area (TPSA) is 116 Å². The number of aliphatic hydroxyl groups excluding tert-OH is 1. The van der Waals surface area contributed by atoms with Crippen LogP contribution in [-0.2, 0) is 14.2 Å². The van der Waals surface area contributed by atoms with Crippen molar-refractivity contribution in [1.82, 2.24) is 25.0 Å². The van der Waals surface area contributed by atoms with Gasteiger partial charge in [0.1, 0.15) is 18.0 Å². The molecule has 6 rings (SSSR count). The molecule has 1 aromatic carbocycles. The van der Waals surface area contributed by atoms with Crippen molar-refractivity contribution in [2.45, 2.75) is 87.3 Å². The van der Waals surface area contributed by atoms with Crippen LogP contribution in [0.15, 0.2) is 29.4 Å². The summed E-state index contributed by atoms with van der Waals surface area (Å²) < 4.78 is 33.6. The van der Waals surface area contributed by atoms with Crippen LogP contribution in [0, 0.1) is 5.82 Å². The second-order valence-corrected chi connectivity index (χ2v) is 11.6. The van der Waals surface area contributed by atoms with Crippen LogP contribution in [-0.4, -0.2) is 79.2 Å². The van der Waals surface area contributed by atoms with Gasteiger partial charge in [0.2, 0.25) is 0 Å². The molecule has 0 bridgehead atoms. The Balaban J connectivity index is 1.31. The van der Waals surface area contributed by atoms with Crippen molar-refractivity contribution < 1.29 is 23.7 Å². The fraction of sp³-hybridized carbons (Fsp3) is 0.615. The predicted molar refractivity (Wildman–Crippen MR) is 140 cm³/mol. The molecular formula is C26H33FN6O4S. The van der Waals surface area contributed by atoms with Crippen molar-refractivity contribution in [2.24, 2.45) is 0 Å². The van der Waals surface area contributed by atoms with Gasteiger partial charge in [-0.05, 0) is 44.4 Å². The van der Waals surface area contributed by atoms with Gasteiger partial charge in [-0.2, -0.15) is 0 Å². The average molecular weight is 545 g/mol. The number of rotatable bonds is 10. The smallest absolute Gasteiger partial charge is 0.191 e. The molecule has 10 nitrogen and oxygen atoms in total. The monoisotopic (exact) mass is 544 g/mol. The van der Waals surface area contributed by atoms with E-state index >= 15 is 0 Å². The lowest BCUT2D eigenvalue weighted by atomic mass is 10.1. The van der Waals surface area contributed by atoms with E-state index in [0.29, 0.717) is 28.6 Å². The summed E-state index contributed by atoms with van der Waals surface area (Å²) >= 11 is 1.60. The second-order valence-electron chi connectivity index (χ2n) is 10.6. The summed E-state index contributed by atoms with van der Waals surface area (Å²) in [7, 11) is 0. The van der Waals surface area contributed by atoms with Crippen molar-refractivity contribution in [2.75, 3.05) is 24.3 Å². The Morgan fingerprint density at radius 2 is 1.97 bits per heavy atom. The quantitative estimate of drug-likeness (QED) is 0.289. The zero-order valence-corrected chi connectivity index (χ0v) is 22.5. The van der Waals surface area contributed by atoms with E-state index in [1.54, 1.807) is 11.8 Å². The molecule has 1 aliphatic heterocycles. The maximum Gasteiger partial charge on any atom is 0.191 e. The summed E-state index contributed by atoms with van der Waals surface area (Å²) in [4.78, 5) is 9.66. The number of thioether (sulfide) groups is 1. The minimum atomic E-state index is -0.754. The van der Waals surface area contributed by atoms with E-state index < -0.39 is 5.79 Å². The largest absolute Gasteiger partial charge is 0.394 e. The molecule has 2 aliphatic carbocycles. The summed E-state index contributed by atoms with van der Waals surface area (Å²) in [5.41, 5.74) is 2.34. The highest BCUT2D eigenvalue weighted by molar-refractivity contribution is 7.99. The number of fused-ring (bicyclic) bond motifs is 2. The van der Waals surface area contributed by atoms with Crippen LogP contribution in [0.4, 0.5) is 10.2 Å². The van der Waals surface area contributed by atoms with Crippen LogP contribution in [0.1, 0.15) is 57.6 Å². The fourth-order valence-electron chi connectivity index (χ4n) is 5.52. The first-order valence-corrected chi connectivity index (χ1v) is 14.2. The highest BCUT2D eigenvalue weighted by atomic mass is 32.2. The van der Waals surface area contributed by atoms with E-state index in [4.69, 9.17) is 24.2 Å². The van der Waals surface area contributed by atoms with Crippen LogP contribution in [0.3, 0.4) is 0 Å². The van der Waals surface area contributed by atoms with Gasteiger partial charge in [-0.1, -0.05) is 36.0 Å². The van der Waals surface area contributed by atoms with Crippen LogP contribution >= 0.6 is 11.8 Å². The number of halogens is 1. The molecule has 2 saturated carbocycles. The van der Waals surface area contributed by atoms with Gasteiger partial charge in [0.25, 0.3) is 0 Å². The molecule has 38 heavy (non-hydrogen) atoms. The lowest BCUT2D eigenvalue weighted by Crippen LogP contribution is -2.31. The van der Waals surface area contributed by atoms with Crippen LogP contribution in [0.25, 0.3) is 11.2 Å². The molecule has 2 N–H and O–H groups in total. The third-order valence-electron chi connectivity index (χ3n) is 7.27. The molecule has 3 fully saturated rings. The number of anilines is 1. The van der Waals surface area contributed by atoms with E-state index in [-0.39, 0.29) is 55.3 Å². The van der Waals surface area contributed by atoms with Crippen LogP contribution in [0.5, 0.6) is 0 Å². The average Bonchev–Trinajstić information content (AvgIpc) is 3.22. The van der Waals surface area contributed by atoms with Gasteiger partial charge in [0.05, 0.1) is 25.4 Å². The minimum Gasteiger partial charge on any atom is -0.394 e. The van der Waals surface area contributed by atoms with Gasteiger partial charge in [-0.3, -0.25) is 0 Å². The number of nitrogens with zero attached hydrogens (tertiary/aromatic N) is 5. The minimum absolute atomic E-state index is 0.0601. The molecule has 204 valence electrons. The predicted octanol–water partition coefficient (Wildman–Crippen LogP) is 3.67. The number of aliphatic hydroxyl groups is 1. The number of benzene rings is 1. The van der Waals surface area contributed by atoms with Crippen molar-refractivity contribution in [3.8, 4) is 0 Å². The summed E-state index contributed by atoms with van der Waals surface area (Å²) in [5, 5.41) is 22.6. The third-order valence-corrected chi connectivity index (χ3v) is 8.32. The maximum absolute atomic E-state index is 13.4. The molecule has 0 radical (unpaired) electrons. The molecular weight excluding hydrogens is 511 g/mol. The fourth-order valence-corrected chi connectivity index (χ4v) is 6.21. The Morgan fingerprint density at radius 1 is 1.18 bits per heavy atom. The lowest BCUT2D eigenvalue weighted by Gasteiger charge is -2.23. The molecule has 2 aromatic heterocycles. The summed E-state index contributed by atoms with van der Waals surface area (Å²) in [6.45, 7) is 6.07. The van der Waals surface area contributed by atoms with Gasteiger partial charge in [0.15, 0.2) is 27.9 Å². The zero-order chi connectivity index (χ0) is 26.4. The molecule has 0 amide bonds. The van der Waals surface area contributed by atoms with Gasteiger partial charge in [-0.25, -0.2) is 19.0 Å². The van der Waals surface area contributed by atoms with E-state index in [1.807, 2.05) is 30.7 Å². The van der Waals surface area contributed by atoms with Crippen molar-refractivity contribution >= 4 is 28.7 Å². The SMILES string of the molecule is CCCSc1nc(N[C@@H]2C[C@H]2c2ccc(F)cc2)c2nnn([C@@H]3C[C@H](OCCO)C4OC(C)(C)OC43)c2n1. The molecule has 3 aromatic rings. The van der Waals surface area contributed by atoms with Crippen LogP contribution in [0.2, 0.25) is 0 Å². The number of hydrogen-bond acceptors (Lipinski definition) is 10. The molecule has 1 saturated heterocycles. The number of nitrogens with one attached hydrogen (secondary N) is 1. The Kier molecular flexibility index (Phi) is 7.02. The Bertz CT molecular complexity index is 1290. The Morgan fingerprint density at radius 3 is 2.74 bits per heavy atom. The lowest BCUT2D eigenvalue weighted by molar-refractivity contribution is -0.171. The van der Waals surface area contributed by atoms with E-state index in [0.717, 1.165) is 24.2 Å². The van der Waals surface area contributed by atoms with E-state index in [1.165, 1.54) is 12.1 Å². The second kappa shape index (κ2) is 10.3. The van der Waals surface area contributed by atoms with Gasteiger partial charge in [0, 0.05) is 24.1 Å². The van der Waals surface area contributed by atoms with Crippen LogP contribution < -0.4 is 5.32 Å². The molecule has 3 aliphatic rings. The van der Waals surface area contributed by atoms with E-state index in [2.05, 4.69) is 22.6 Å². The maximum atomic E-state index is 13.4. The zero-order valence-electron chi connectivity index (χ0n) is 21.7. The highest BCUT2D eigenvalue weighted by Crippen LogP contribution is 2.46. The summed E-state index contributed by atoms with van der Waals surface area (Å²) in [5.74, 6) is 0.847. The number of aromatic nitrogens is 5. The Hall–Kier alpha value is -2.38. The molecule has 6 atom stereocenters. The first-order valence-electron chi connectivity index (χ1n) is 13.2. The standard InChI is InChI=1S/C26H33FN6O4S/c1-4-11-38-25-29-23(28-17-12-16(17)14-5-7-15(27)8-6-14)20-24(30-25)33(32-31-20)18-13-19(35-10-9-34)22-21(18)36-26(2,3)37-22/h5-8,16-19,21-22,34H,4,9-13H2,1-3H3,(H,28,29,30)/t16-,17+,18+,19-,21?,22?/m0/s1. The molecule has 2 unspecified atom stereocenters. The van der Waals surface area contributed by atoms with Crippen molar-refractivity contribution in [1.29, 1.82) is 0 Å². The van der Waals surface area contributed by atoms with E-state index in [9.17, 15) is 9.50 Å². The highest BCUT2D eigenvalue weighted by Gasteiger charge is 2.56. The van der Waals surface area contributed by atoms with Gasteiger partial charge < -0.3 is 24.6 Å². The first-order chi connectivity index (χ1) is 18.4. The Labute approximate surface area is 224 Å².